The summed E-state index contributed by atoms with van der Waals surface area (Å²) in [6.07, 6.45) is 4.50. The first-order chi connectivity index (χ1) is 12.0. The molecule has 0 spiro atoms. The molecule has 3 heterocycles. The van der Waals surface area contributed by atoms with Crippen molar-refractivity contribution < 1.29 is 4.79 Å². The maximum absolute atomic E-state index is 13.1. The second kappa shape index (κ2) is 7.35. The number of fused-ring (bicyclic) bond motifs is 1. The summed E-state index contributed by atoms with van der Waals surface area (Å²) in [5.74, 6) is 0.0164. The number of pyridine rings is 1. The van der Waals surface area contributed by atoms with Crippen molar-refractivity contribution in [3.63, 3.8) is 0 Å². The van der Waals surface area contributed by atoms with Gasteiger partial charge in [-0.2, -0.15) is 0 Å². The lowest BCUT2D eigenvalue weighted by atomic mass is 9.99. The molecule has 0 radical (unpaired) electrons. The number of carbonyl (C=O) groups excluding carboxylic acids is 1. The van der Waals surface area contributed by atoms with Gasteiger partial charge in [-0.3, -0.25) is 14.7 Å². The molecule has 2 aromatic heterocycles. The van der Waals surface area contributed by atoms with E-state index in [-0.39, 0.29) is 24.0 Å². The summed E-state index contributed by atoms with van der Waals surface area (Å²) in [5.41, 5.74) is 2.94. The molecule has 1 atom stereocenters. The van der Waals surface area contributed by atoms with Gasteiger partial charge >= 0.3 is 0 Å². The predicted octanol–water partition coefficient (Wildman–Crippen LogP) is 2.48. The minimum Gasteiger partial charge on any atom is -0.349 e. The van der Waals surface area contributed by atoms with Crippen LogP contribution in [0.15, 0.2) is 30.7 Å². The molecule has 1 aliphatic heterocycles. The highest BCUT2D eigenvalue weighted by atomic mass is 16.2. The molecule has 6 heteroatoms. The summed E-state index contributed by atoms with van der Waals surface area (Å²) in [4.78, 5) is 24.2. The van der Waals surface area contributed by atoms with Gasteiger partial charge in [0.1, 0.15) is 6.04 Å². The summed E-state index contributed by atoms with van der Waals surface area (Å²) in [7, 11) is 0. The normalized spacial score (nSPS) is 17.8. The number of amides is 1. The number of imidazole rings is 1. The zero-order valence-electron chi connectivity index (χ0n) is 15.4. The molecule has 0 saturated heterocycles. The van der Waals surface area contributed by atoms with Crippen LogP contribution in [-0.2, 0) is 17.8 Å². The first-order valence-electron chi connectivity index (χ1n) is 8.98. The van der Waals surface area contributed by atoms with Gasteiger partial charge in [-0.05, 0) is 39.8 Å². The van der Waals surface area contributed by atoms with Crippen LogP contribution in [0.1, 0.15) is 56.9 Å². The van der Waals surface area contributed by atoms with Gasteiger partial charge in [-0.15, -0.1) is 0 Å². The van der Waals surface area contributed by atoms with Gasteiger partial charge in [0.15, 0.2) is 0 Å². The minimum absolute atomic E-state index is 0.0164. The van der Waals surface area contributed by atoms with E-state index in [1.54, 1.807) is 6.20 Å². The number of hydrogen-bond donors (Lipinski definition) is 1. The first-order valence-corrected chi connectivity index (χ1v) is 8.98. The molecule has 3 rings (SSSR count). The average molecular weight is 341 g/mol. The van der Waals surface area contributed by atoms with Crippen molar-refractivity contribution in [2.75, 3.05) is 6.54 Å². The molecule has 1 N–H and O–H groups in total. The van der Waals surface area contributed by atoms with E-state index in [0.29, 0.717) is 6.54 Å². The van der Waals surface area contributed by atoms with Crippen LogP contribution in [0.5, 0.6) is 0 Å². The zero-order valence-corrected chi connectivity index (χ0v) is 15.4. The highest BCUT2D eigenvalue weighted by molar-refractivity contribution is 5.83. The maximum Gasteiger partial charge on any atom is 0.243 e. The van der Waals surface area contributed by atoms with E-state index < -0.39 is 0 Å². The summed E-state index contributed by atoms with van der Waals surface area (Å²) < 4.78 is 2.13. The molecule has 0 unspecified atom stereocenters. The molecule has 0 saturated carbocycles. The summed E-state index contributed by atoms with van der Waals surface area (Å²) >= 11 is 0. The second-order valence-electron chi connectivity index (χ2n) is 7.10. The lowest BCUT2D eigenvalue weighted by Gasteiger charge is -2.38. The lowest BCUT2D eigenvalue weighted by Crippen LogP contribution is -2.48. The van der Waals surface area contributed by atoms with Gasteiger partial charge in [-0.1, -0.05) is 6.07 Å². The maximum atomic E-state index is 13.1. The van der Waals surface area contributed by atoms with E-state index in [9.17, 15) is 4.79 Å². The molecule has 2 aromatic rings. The highest BCUT2D eigenvalue weighted by Gasteiger charge is 2.37. The Hall–Kier alpha value is -2.21. The number of carbonyl (C=O) groups is 1. The van der Waals surface area contributed by atoms with E-state index in [1.165, 1.54) is 0 Å². The SMILES string of the molecule is CC(C)N1CCc2ncn(C(C)C)c2[C@@H]1C(=O)NCc1ccccn1. The van der Waals surface area contributed by atoms with Crippen LogP contribution < -0.4 is 5.32 Å². The zero-order chi connectivity index (χ0) is 18.0. The van der Waals surface area contributed by atoms with E-state index in [2.05, 4.69) is 52.4 Å². The summed E-state index contributed by atoms with van der Waals surface area (Å²) in [6, 6.07) is 5.98. The molecule has 0 aliphatic carbocycles. The molecule has 1 aliphatic rings. The number of nitrogens with zero attached hydrogens (tertiary/aromatic N) is 4. The first kappa shape index (κ1) is 17.6. The van der Waals surface area contributed by atoms with Gasteiger partial charge < -0.3 is 9.88 Å². The van der Waals surface area contributed by atoms with Gasteiger partial charge in [0, 0.05) is 31.2 Å². The smallest absolute Gasteiger partial charge is 0.243 e. The molecule has 0 bridgehead atoms. The number of aromatic nitrogens is 3. The van der Waals surface area contributed by atoms with Crippen molar-refractivity contribution in [3.8, 4) is 0 Å². The van der Waals surface area contributed by atoms with Crippen LogP contribution in [0.2, 0.25) is 0 Å². The van der Waals surface area contributed by atoms with Gasteiger partial charge in [-0.25, -0.2) is 4.98 Å². The summed E-state index contributed by atoms with van der Waals surface area (Å²) in [6.45, 7) is 9.81. The molecule has 134 valence electrons. The summed E-state index contributed by atoms with van der Waals surface area (Å²) in [5, 5.41) is 3.07. The molecular formula is C19H27N5O. The average Bonchev–Trinajstić information content (AvgIpc) is 3.04. The Kier molecular flexibility index (Phi) is 5.18. The number of hydrogen-bond acceptors (Lipinski definition) is 4. The van der Waals surface area contributed by atoms with Crippen LogP contribution in [0.3, 0.4) is 0 Å². The third-order valence-electron chi connectivity index (χ3n) is 4.75. The Morgan fingerprint density at radius 3 is 2.68 bits per heavy atom. The fourth-order valence-electron chi connectivity index (χ4n) is 3.44. The molecule has 25 heavy (non-hydrogen) atoms. The Morgan fingerprint density at radius 2 is 2.04 bits per heavy atom. The molecular weight excluding hydrogens is 314 g/mol. The molecule has 6 nitrogen and oxygen atoms in total. The molecule has 0 aromatic carbocycles. The Labute approximate surface area is 149 Å². The van der Waals surface area contributed by atoms with Crippen LogP contribution >= 0.6 is 0 Å². The largest absolute Gasteiger partial charge is 0.349 e. The van der Waals surface area contributed by atoms with Crippen molar-refractivity contribution in [1.29, 1.82) is 0 Å². The van der Waals surface area contributed by atoms with Gasteiger partial charge in [0.25, 0.3) is 0 Å². The van der Waals surface area contributed by atoms with Crippen molar-refractivity contribution in [2.24, 2.45) is 0 Å². The van der Waals surface area contributed by atoms with Gasteiger partial charge in [0.2, 0.25) is 5.91 Å². The minimum atomic E-state index is -0.308. The Bertz CT molecular complexity index is 723. The van der Waals surface area contributed by atoms with E-state index in [1.807, 2.05) is 24.5 Å². The predicted molar refractivity (Wildman–Crippen MR) is 97.0 cm³/mol. The van der Waals surface area contributed by atoms with Crippen molar-refractivity contribution >= 4 is 5.91 Å². The number of nitrogens with one attached hydrogen (secondary N) is 1. The topological polar surface area (TPSA) is 63.1 Å². The molecule has 0 fully saturated rings. The van der Waals surface area contributed by atoms with Crippen molar-refractivity contribution in [3.05, 3.63) is 47.8 Å². The van der Waals surface area contributed by atoms with Crippen molar-refractivity contribution in [1.82, 2.24) is 24.8 Å². The highest BCUT2D eigenvalue weighted by Crippen LogP contribution is 2.32. The Morgan fingerprint density at radius 1 is 1.24 bits per heavy atom. The van der Waals surface area contributed by atoms with Gasteiger partial charge in [0.05, 0.1) is 30.0 Å². The van der Waals surface area contributed by atoms with Crippen LogP contribution in [0.4, 0.5) is 0 Å². The fraction of sp³-hybridized carbons (Fsp3) is 0.526. The van der Waals surface area contributed by atoms with E-state index in [0.717, 1.165) is 30.0 Å². The van der Waals surface area contributed by atoms with E-state index >= 15 is 0 Å². The van der Waals surface area contributed by atoms with Crippen molar-refractivity contribution in [2.45, 2.75) is 58.8 Å². The Balaban J connectivity index is 1.88. The van der Waals surface area contributed by atoms with Crippen LogP contribution in [0, 0.1) is 0 Å². The third kappa shape index (κ3) is 3.58. The standard InChI is InChI=1S/C19H27N5O/c1-13(2)23-10-8-16-17(24(12-22-16)14(3)4)18(23)19(25)21-11-15-7-5-6-9-20-15/h5-7,9,12-14,18H,8,10-11H2,1-4H3,(H,21,25)/t18-/m1/s1. The van der Waals surface area contributed by atoms with Crippen LogP contribution in [0.25, 0.3) is 0 Å². The molecule has 1 amide bonds. The quantitative estimate of drug-likeness (QED) is 0.907. The van der Waals surface area contributed by atoms with E-state index in [4.69, 9.17) is 0 Å². The lowest BCUT2D eigenvalue weighted by molar-refractivity contribution is -0.128. The second-order valence-corrected chi connectivity index (χ2v) is 7.10. The monoisotopic (exact) mass is 341 g/mol. The number of rotatable bonds is 5. The van der Waals surface area contributed by atoms with Crippen LogP contribution in [-0.4, -0.2) is 37.9 Å². The third-order valence-corrected chi connectivity index (χ3v) is 4.75. The fourth-order valence-corrected chi connectivity index (χ4v) is 3.44.